The third-order valence-electron chi connectivity index (χ3n) is 3.01. The van der Waals surface area contributed by atoms with Crippen LogP contribution in [0.2, 0.25) is 0 Å². The average molecular weight is 265 g/mol. The molecule has 2 heterocycles. The number of aromatic nitrogens is 1. The van der Waals surface area contributed by atoms with Gasteiger partial charge < -0.3 is 15.2 Å². The molecule has 0 bridgehead atoms. The van der Waals surface area contributed by atoms with Crippen molar-refractivity contribution in [2.75, 3.05) is 32.8 Å². The van der Waals surface area contributed by atoms with Crippen LogP contribution in [0.1, 0.15) is 17.4 Å². The highest BCUT2D eigenvalue weighted by Crippen LogP contribution is 2.12. The largest absolute Gasteiger partial charge is 0.505 e. The number of ether oxygens (including phenoxy) is 1. The van der Waals surface area contributed by atoms with Crippen molar-refractivity contribution in [2.24, 2.45) is 0 Å². The third-order valence-corrected chi connectivity index (χ3v) is 3.01. The number of hydrogen-bond donors (Lipinski definition) is 2. The molecule has 104 valence electrons. The number of carbonyl (C=O) groups is 1. The van der Waals surface area contributed by atoms with Crippen LogP contribution in [0.15, 0.2) is 18.3 Å². The Morgan fingerprint density at radius 1 is 1.58 bits per heavy atom. The van der Waals surface area contributed by atoms with Gasteiger partial charge in [-0.05, 0) is 19.1 Å². The highest BCUT2D eigenvalue weighted by molar-refractivity contribution is 5.94. The Bertz CT molecular complexity index is 433. The topological polar surface area (TPSA) is 74.7 Å². The first-order chi connectivity index (χ1) is 9.16. The van der Waals surface area contributed by atoms with Crippen LogP contribution >= 0.6 is 0 Å². The zero-order valence-electron chi connectivity index (χ0n) is 11.0. The van der Waals surface area contributed by atoms with Gasteiger partial charge >= 0.3 is 0 Å². The van der Waals surface area contributed by atoms with Gasteiger partial charge in [-0.15, -0.1) is 0 Å². The van der Waals surface area contributed by atoms with Crippen molar-refractivity contribution in [3.8, 4) is 5.75 Å². The first kappa shape index (κ1) is 13.8. The number of pyridine rings is 1. The van der Waals surface area contributed by atoms with Gasteiger partial charge in [-0.2, -0.15) is 0 Å². The second-order valence-electron chi connectivity index (χ2n) is 4.66. The Kier molecular flexibility index (Phi) is 4.70. The van der Waals surface area contributed by atoms with E-state index in [-0.39, 0.29) is 23.4 Å². The van der Waals surface area contributed by atoms with Gasteiger partial charge in [0.05, 0.1) is 13.2 Å². The lowest BCUT2D eigenvalue weighted by molar-refractivity contribution is 0.0342. The molecule has 0 aliphatic carbocycles. The summed E-state index contributed by atoms with van der Waals surface area (Å²) in [6, 6.07) is 3.03. The van der Waals surface area contributed by atoms with Crippen LogP contribution in [0.25, 0.3) is 0 Å². The van der Waals surface area contributed by atoms with Crippen LogP contribution in [0.4, 0.5) is 0 Å². The Balaban J connectivity index is 1.86. The molecule has 1 amide bonds. The summed E-state index contributed by atoms with van der Waals surface area (Å²) in [6.45, 7) is 5.95. The van der Waals surface area contributed by atoms with E-state index in [9.17, 15) is 9.90 Å². The molecule has 1 fully saturated rings. The van der Waals surface area contributed by atoms with Crippen molar-refractivity contribution >= 4 is 5.91 Å². The number of amides is 1. The molecule has 6 heteroatoms. The van der Waals surface area contributed by atoms with E-state index in [2.05, 4.69) is 15.2 Å². The molecule has 1 aliphatic rings. The van der Waals surface area contributed by atoms with Gasteiger partial charge in [-0.1, -0.05) is 0 Å². The third kappa shape index (κ3) is 3.90. The minimum absolute atomic E-state index is 0.00740. The Hall–Kier alpha value is -1.66. The molecular formula is C13H19N3O3. The minimum Gasteiger partial charge on any atom is -0.505 e. The van der Waals surface area contributed by atoms with Crippen molar-refractivity contribution in [3.05, 3.63) is 24.0 Å². The van der Waals surface area contributed by atoms with E-state index in [1.54, 1.807) is 6.07 Å². The maximum absolute atomic E-state index is 11.9. The number of nitrogens with zero attached hydrogens (tertiary/aromatic N) is 2. The average Bonchev–Trinajstić information content (AvgIpc) is 2.40. The normalized spacial score (nSPS) is 17.9. The second kappa shape index (κ2) is 6.49. The van der Waals surface area contributed by atoms with Crippen LogP contribution in [0.3, 0.4) is 0 Å². The van der Waals surface area contributed by atoms with Crippen LogP contribution in [-0.2, 0) is 4.74 Å². The molecule has 0 radical (unpaired) electrons. The molecule has 1 atom stereocenters. The summed E-state index contributed by atoms with van der Waals surface area (Å²) in [5.41, 5.74) is 0.0660. The summed E-state index contributed by atoms with van der Waals surface area (Å²) < 4.78 is 5.28. The fourth-order valence-electron chi connectivity index (χ4n) is 2.08. The van der Waals surface area contributed by atoms with Gasteiger partial charge in [0.2, 0.25) is 0 Å². The predicted octanol–water partition coefficient (Wildman–Crippen LogP) is 0.238. The molecule has 1 unspecified atom stereocenters. The van der Waals surface area contributed by atoms with Crippen LogP contribution in [0, 0.1) is 0 Å². The monoisotopic (exact) mass is 265 g/mol. The number of hydrogen-bond acceptors (Lipinski definition) is 5. The predicted molar refractivity (Wildman–Crippen MR) is 70.1 cm³/mol. The van der Waals surface area contributed by atoms with Crippen molar-refractivity contribution in [1.82, 2.24) is 15.2 Å². The molecule has 1 aliphatic heterocycles. The van der Waals surface area contributed by atoms with Gasteiger partial charge in [0, 0.05) is 31.9 Å². The van der Waals surface area contributed by atoms with E-state index in [0.29, 0.717) is 0 Å². The lowest BCUT2D eigenvalue weighted by Crippen LogP contribution is -2.46. The quantitative estimate of drug-likeness (QED) is 0.815. The molecule has 19 heavy (non-hydrogen) atoms. The smallest absolute Gasteiger partial charge is 0.273 e. The molecule has 2 N–H and O–H groups in total. The molecule has 0 aromatic carbocycles. The lowest BCUT2D eigenvalue weighted by Gasteiger charge is -2.29. The SMILES string of the molecule is CC(CN1CCOCC1)NC(=O)c1ncccc1O. The second-order valence-corrected chi connectivity index (χ2v) is 4.66. The summed E-state index contributed by atoms with van der Waals surface area (Å²) in [5, 5.41) is 12.4. The van der Waals surface area contributed by atoms with E-state index < -0.39 is 0 Å². The van der Waals surface area contributed by atoms with Gasteiger partial charge in [0.15, 0.2) is 5.69 Å². The van der Waals surface area contributed by atoms with E-state index in [4.69, 9.17) is 4.74 Å². The molecule has 1 aromatic heterocycles. The molecule has 6 nitrogen and oxygen atoms in total. The standard InChI is InChI=1S/C13H19N3O3/c1-10(9-16-5-7-19-8-6-16)15-13(18)12-11(17)3-2-4-14-12/h2-4,10,17H,5-9H2,1H3,(H,15,18). The molecular weight excluding hydrogens is 246 g/mol. The van der Waals surface area contributed by atoms with Crippen LogP contribution in [-0.4, -0.2) is 59.8 Å². The van der Waals surface area contributed by atoms with Crippen molar-refractivity contribution < 1.29 is 14.6 Å². The first-order valence-corrected chi connectivity index (χ1v) is 6.42. The zero-order chi connectivity index (χ0) is 13.7. The molecule has 1 aromatic rings. The van der Waals surface area contributed by atoms with E-state index >= 15 is 0 Å². The summed E-state index contributed by atoms with van der Waals surface area (Å²) in [4.78, 5) is 18.1. The zero-order valence-corrected chi connectivity index (χ0v) is 11.0. The summed E-state index contributed by atoms with van der Waals surface area (Å²) in [7, 11) is 0. The van der Waals surface area contributed by atoms with E-state index in [1.165, 1.54) is 12.3 Å². The maximum Gasteiger partial charge on any atom is 0.273 e. The van der Waals surface area contributed by atoms with E-state index in [0.717, 1.165) is 32.8 Å². The summed E-state index contributed by atoms with van der Waals surface area (Å²) >= 11 is 0. The van der Waals surface area contributed by atoms with Crippen LogP contribution < -0.4 is 5.32 Å². The maximum atomic E-state index is 11.9. The lowest BCUT2D eigenvalue weighted by atomic mass is 10.2. The van der Waals surface area contributed by atoms with Gasteiger partial charge in [-0.25, -0.2) is 4.98 Å². The van der Waals surface area contributed by atoms with Crippen LogP contribution in [0.5, 0.6) is 5.75 Å². The Morgan fingerprint density at radius 2 is 2.32 bits per heavy atom. The number of carbonyl (C=O) groups excluding carboxylic acids is 1. The van der Waals surface area contributed by atoms with Crippen molar-refractivity contribution in [1.29, 1.82) is 0 Å². The number of nitrogens with one attached hydrogen (secondary N) is 1. The molecule has 2 rings (SSSR count). The number of aromatic hydroxyl groups is 1. The Morgan fingerprint density at radius 3 is 3.00 bits per heavy atom. The summed E-state index contributed by atoms with van der Waals surface area (Å²) in [6.07, 6.45) is 1.49. The molecule has 0 spiro atoms. The number of morpholine rings is 1. The number of rotatable bonds is 4. The minimum atomic E-state index is -0.348. The van der Waals surface area contributed by atoms with Gasteiger partial charge in [-0.3, -0.25) is 9.69 Å². The van der Waals surface area contributed by atoms with Gasteiger partial charge in [0.1, 0.15) is 5.75 Å². The first-order valence-electron chi connectivity index (χ1n) is 6.42. The molecule has 1 saturated heterocycles. The van der Waals surface area contributed by atoms with Crippen molar-refractivity contribution in [3.63, 3.8) is 0 Å². The highest BCUT2D eigenvalue weighted by atomic mass is 16.5. The molecule has 0 saturated carbocycles. The fourth-order valence-corrected chi connectivity index (χ4v) is 2.08. The fraction of sp³-hybridized carbons (Fsp3) is 0.538. The Labute approximate surface area is 112 Å². The van der Waals surface area contributed by atoms with Crippen molar-refractivity contribution in [2.45, 2.75) is 13.0 Å². The summed E-state index contributed by atoms with van der Waals surface area (Å²) in [5.74, 6) is -0.447. The van der Waals surface area contributed by atoms with Gasteiger partial charge in [0.25, 0.3) is 5.91 Å². The highest BCUT2D eigenvalue weighted by Gasteiger charge is 2.18. The van der Waals surface area contributed by atoms with E-state index in [1.807, 2.05) is 6.92 Å².